The zero-order valence-corrected chi connectivity index (χ0v) is 16.6. The van der Waals surface area contributed by atoms with E-state index in [0.717, 1.165) is 37.9 Å². The van der Waals surface area contributed by atoms with Gasteiger partial charge in [-0.3, -0.25) is 14.4 Å². The quantitative estimate of drug-likeness (QED) is 0.316. The highest BCUT2D eigenvalue weighted by Crippen LogP contribution is 2.34. The molecule has 1 aromatic rings. The molecule has 0 aliphatic heterocycles. The fraction of sp³-hybridized carbons (Fsp3) is 0.522. The Balaban J connectivity index is 1.82. The minimum atomic E-state index is -0.756. The maximum atomic E-state index is 12.4. The Morgan fingerprint density at radius 1 is 1.14 bits per heavy atom. The van der Waals surface area contributed by atoms with Crippen molar-refractivity contribution < 1.29 is 24.2 Å². The fourth-order valence-corrected chi connectivity index (χ4v) is 3.72. The van der Waals surface area contributed by atoms with Crippen molar-refractivity contribution in [3.05, 3.63) is 42.0 Å². The first kappa shape index (κ1) is 21.9. The SMILES string of the molecule is CCOc1ccc(C(=O)/C=C/C2CCC(=O)C2CCCCCCC(=O)O)cc1. The van der Waals surface area contributed by atoms with Crippen LogP contribution >= 0.6 is 0 Å². The monoisotopic (exact) mass is 386 g/mol. The van der Waals surface area contributed by atoms with Crippen molar-refractivity contribution in [3.63, 3.8) is 0 Å². The number of unbranched alkanes of at least 4 members (excludes halogenated alkanes) is 3. The average molecular weight is 386 g/mol. The number of Topliss-reactive ketones (excluding diaryl/α,β-unsaturated/α-hetero) is 1. The molecule has 0 amide bonds. The first-order valence-electron chi connectivity index (χ1n) is 10.2. The Labute approximate surface area is 166 Å². The molecular formula is C23H30O5. The predicted octanol–water partition coefficient (Wildman–Crippen LogP) is 4.84. The van der Waals surface area contributed by atoms with Gasteiger partial charge in [0.05, 0.1) is 6.61 Å². The second kappa shape index (κ2) is 11.4. The molecule has 1 aromatic carbocycles. The van der Waals surface area contributed by atoms with Gasteiger partial charge in [0, 0.05) is 24.3 Å². The standard InChI is InChI=1S/C23H30O5/c1-2-28-19-13-9-18(10-14-19)21(24)15-11-17-12-16-22(25)20(17)7-5-3-4-6-8-23(26)27/h9-11,13-15,17,20H,2-8,12,16H2,1H3,(H,26,27)/b15-11+. The van der Waals surface area contributed by atoms with Gasteiger partial charge in [0.2, 0.25) is 0 Å². The number of ketones is 2. The van der Waals surface area contributed by atoms with Crippen LogP contribution in [0.15, 0.2) is 36.4 Å². The van der Waals surface area contributed by atoms with Crippen LogP contribution in [0.25, 0.3) is 0 Å². The molecule has 2 rings (SSSR count). The van der Waals surface area contributed by atoms with Crippen LogP contribution < -0.4 is 4.74 Å². The molecule has 0 bridgehead atoms. The smallest absolute Gasteiger partial charge is 0.303 e. The van der Waals surface area contributed by atoms with E-state index in [-0.39, 0.29) is 29.8 Å². The number of benzene rings is 1. The van der Waals surface area contributed by atoms with Crippen LogP contribution in [-0.4, -0.2) is 29.2 Å². The van der Waals surface area contributed by atoms with Gasteiger partial charge in [-0.1, -0.05) is 25.3 Å². The summed E-state index contributed by atoms with van der Waals surface area (Å²) in [5.74, 6) is 0.326. The van der Waals surface area contributed by atoms with Crippen LogP contribution in [0.2, 0.25) is 0 Å². The zero-order chi connectivity index (χ0) is 20.4. The summed E-state index contributed by atoms with van der Waals surface area (Å²) >= 11 is 0. The molecular weight excluding hydrogens is 356 g/mol. The third-order valence-electron chi connectivity index (χ3n) is 5.25. The normalized spacial score (nSPS) is 19.2. The number of hydrogen-bond acceptors (Lipinski definition) is 4. The van der Waals surface area contributed by atoms with E-state index in [2.05, 4.69) is 0 Å². The van der Waals surface area contributed by atoms with Crippen molar-refractivity contribution in [3.8, 4) is 5.75 Å². The van der Waals surface area contributed by atoms with Crippen molar-refractivity contribution in [2.75, 3.05) is 6.61 Å². The first-order valence-corrected chi connectivity index (χ1v) is 10.2. The van der Waals surface area contributed by atoms with Crippen LogP contribution in [0.1, 0.15) is 68.6 Å². The summed E-state index contributed by atoms with van der Waals surface area (Å²) in [6.45, 7) is 2.50. The number of rotatable bonds is 12. The van der Waals surface area contributed by atoms with E-state index in [4.69, 9.17) is 9.84 Å². The van der Waals surface area contributed by atoms with E-state index in [1.807, 2.05) is 13.0 Å². The lowest BCUT2D eigenvalue weighted by atomic mass is 9.89. The van der Waals surface area contributed by atoms with Crippen LogP contribution in [0.5, 0.6) is 5.75 Å². The summed E-state index contributed by atoms with van der Waals surface area (Å²) in [6.07, 6.45) is 9.34. The largest absolute Gasteiger partial charge is 0.494 e. The molecule has 2 unspecified atom stereocenters. The Kier molecular flexibility index (Phi) is 8.92. The van der Waals surface area contributed by atoms with E-state index in [1.54, 1.807) is 30.3 Å². The third kappa shape index (κ3) is 6.95. The van der Waals surface area contributed by atoms with Gasteiger partial charge in [0.1, 0.15) is 11.5 Å². The van der Waals surface area contributed by atoms with Gasteiger partial charge >= 0.3 is 5.97 Å². The summed E-state index contributed by atoms with van der Waals surface area (Å²) < 4.78 is 5.39. The number of ether oxygens (including phenoxy) is 1. The van der Waals surface area contributed by atoms with E-state index in [1.165, 1.54) is 0 Å². The summed E-state index contributed by atoms with van der Waals surface area (Å²) in [5, 5.41) is 8.65. The maximum absolute atomic E-state index is 12.4. The number of carboxylic acids is 1. The lowest BCUT2D eigenvalue weighted by Crippen LogP contribution is -2.13. The van der Waals surface area contributed by atoms with Gasteiger partial charge in [-0.15, -0.1) is 0 Å². The molecule has 0 saturated heterocycles. The minimum absolute atomic E-state index is 0.0103. The summed E-state index contributed by atoms with van der Waals surface area (Å²) in [4.78, 5) is 35.1. The molecule has 152 valence electrons. The van der Waals surface area contributed by atoms with Gasteiger partial charge in [-0.05, 0) is 62.4 Å². The number of carbonyl (C=O) groups is 3. The van der Waals surface area contributed by atoms with E-state index in [0.29, 0.717) is 25.0 Å². The summed E-state index contributed by atoms with van der Waals surface area (Å²) in [7, 11) is 0. The van der Waals surface area contributed by atoms with E-state index < -0.39 is 5.97 Å². The van der Waals surface area contributed by atoms with Crippen molar-refractivity contribution in [2.45, 2.75) is 58.3 Å². The number of hydrogen-bond donors (Lipinski definition) is 1. The molecule has 0 heterocycles. The molecule has 1 N–H and O–H groups in total. The number of allylic oxidation sites excluding steroid dienone is 2. The topological polar surface area (TPSA) is 80.7 Å². The van der Waals surface area contributed by atoms with Crippen molar-refractivity contribution in [2.24, 2.45) is 11.8 Å². The number of aliphatic carboxylic acids is 1. The average Bonchev–Trinajstić information content (AvgIpc) is 3.03. The molecule has 0 spiro atoms. The van der Waals surface area contributed by atoms with Crippen LogP contribution in [0, 0.1) is 11.8 Å². The van der Waals surface area contributed by atoms with Gasteiger partial charge in [-0.2, -0.15) is 0 Å². The number of carbonyl (C=O) groups excluding carboxylic acids is 2. The highest BCUT2D eigenvalue weighted by atomic mass is 16.5. The van der Waals surface area contributed by atoms with E-state index in [9.17, 15) is 14.4 Å². The minimum Gasteiger partial charge on any atom is -0.494 e. The molecule has 5 nitrogen and oxygen atoms in total. The molecule has 1 saturated carbocycles. The first-order chi connectivity index (χ1) is 13.5. The van der Waals surface area contributed by atoms with Gasteiger partial charge in [-0.25, -0.2) is 0 Å². The van der Waals surface area contributed by atoms with Gasteiger partial charge in [0.15, 0.2) is 5.78 Å². The van der Waals surface area contributed by atoms with Crippen LogP contribution in [-0.2, 0) is 9.59 Å². The Morgan fingerprint density at radius 3 is 2.54 bits per heavy atom. The van der Waals surface area contributed by atoms with Gasteiger partial charge < -0.3 is 9.84 Å². The molecule has 28 heavy (non-hydrogen) atoms. The molecule has 1 aliphatic carbocycles. The molecule has 1 aliphatic rings. The lowest BCUT2D eigenvalue weighted by Gasteiger charge is -2.14. The van der Waals surface area contributed by atoms with Crippen molar-refractivity contribution in [1.82, 2.24) is 0 Å². The maximum Gasteiger partial charge on any atom is 0.303 e. The summed E-state index contributed by atoms with van der Waals surface area (Å²) in [5.41, 5.74) is 0.610. The zero-order valence-electron chi connectivity index (χ0n) is 16.6. The third-order valence-corrected chi connectivity index (χ3v) is 5.25. The predicted molar refractivity (Wildman–Crippen MR) is 108 cm³/mol. The van der Waals surface area contributed by atoms with Crippen LogP contribution in [0.4, 0.5) is 0 Å². The molecule has 0 radical (unpaired) electrons. The summed E-state index contributed by atoms with van der Waals surface area (Å²) in [6, 6.07) is 7.09. The fourth-order valence-electron chi connectivity index (χ4n) is 3.72. The van der Waals surface area contributed by atoms with Crippen molar-refractivity contribution >= 4 is 17.5 Å². The molecule has 5 heteroatoms. The Bertz CT molecular complexity index is 689. The van der Waals surface area contributed by atoms with E-state index >= 15 is 0 Å². The second-order valence-electron chi connectivity index (χ2n) is 7.30. The highest BCUT2D eigenvalue weighted by molar-refractivity contribution is 6.04. The van der Waals surface area contributed by atoms with Crippen molar-refractivity contribution in [1.29, 1.82) is 0 Å². The molecule has 2 atom stereocenters. The number of carboxylic acid groups (broad SMARTS) is 1. The van der Waals surface area contributed by atoms with Gasteiger partial charge in [0.25, 0.3) is 0 Å². The Morgan fingerprint density at radius 2 is 1.86 bits per heavy atom. The Hall–Kier alpha value is -2.43. The lowest BCUT2D eigenvalue weighted by molar-refractivity contribution is -0.137. The highest BCUT2D eigenvalue weighted by Gasteiger charge is 2.32. The molecule has 1 fully saturated rings. The molecule has 0 aromatic heterocycles. The second-order valence-corrected chi connectivity index (χ2v) is 7.30. The van der Waals surface area contributed by atoms with Crippen LogP contribution in [0.3, 0.4) is 0 Å².